The Bertz CT molecular complexity index is 599. The van der Waals surface area contributed by atoms with Gasteiger partial charge in [0.1, 0.15) is 11.5 Å². The SMILES string of the molecule is COc1cc(/C=C/C(=O)N(CC(N)=O)C2CCCC2)cc(OC)c1. The van der Waals surface area contributed by atoms with Crippen LogP contribution in [0.25, 0.3) is 6.08 Å². The second-order valence-corrected chi connectivity index (χ2v) is 5.85. The lowest BCUT2D eigenvalue weighted by Gasteiger charge is -2.26. The van der Waals surface area contributed by atoms with Crippen molar-refractivity contribution in [2.45, 2.75) is 31.7 Å². The van der Waals surface area contributed by atoms with Crippen LogP contribution < -0.4 is 15.2 Å². The summed E-state index contributed by atoms with van der Waals surface area (Å²) in [6, 6.07) is 5.46. The van der Waals surface area contributed by atoms with E-state index < -0.39 is 5.91 Å². The third kappa shape index (κ3) is 4.75. The van der Waals surface area contributed by atoms with Crippen LogP contribution in [0.2, 0.25) is 0 Å². The molecule has 1 aliphatic carbocycles. The number of carbonyl (C=O) groups is 2. The molecule has 24 heavy (non-hydrogen) atoms. The number of amides is 2. The molecule has 1 aromatic rings. The highest BCUT2D eigenvalue weighted by Crippen LogP contribution is 2.25. The molecule has 0 saturated heterocycles. The summed E-state index contributed by atoms with van der Waals surface area (Å²) in [6.45, 7) is -0.0464. The second-order valence-electron chi connectivity index (χ2n) is 5.85. The van der Waals surface area contributed by atoms with Crippen LogP contribution >= 0.6 is 0 Å². The van der Waals surface area contributed by atoms with Gasteiger partial charge in [0.2, 0.25) is 11.8 Å². The van der Waals surface area contributed by atoms with Crippen LogP contribution in [0.3, 0.4) is 0 Å². The average Bonchev–Trinajstić information content (AvgIpc) is 3.11. The number of ether oxygens (including phenoxy) is 2. The quantitative estimate of drug-likeness (QED) is 0.774. The molecule has 0 radical (unpaired) electrons. The van der Waals surface area contributed by atoms with Crippen molar-refractivity contribution in [1.82, 2.24) is 4.90 Å². The molecule has 0 unspecified atom stereocenters. The molecular weight excluding hydrogens is 308 g/mol. The number of hydrogen-bond donors (Lipinski definition) is 1. The van der Waals surface area contributed by atoms with Gasteiger partial charge in [-0.25, -0.2) is 0 Å². The van der Waals surface area contributed by atoms with E-state index in [2.05, 4.69) is 0 Å². The molecule has 2 N–H and O–H groups in total. The summed E-state index contributed by atoms with van der Waals surface area (Å²) in [7, 11) is 3.14. The number of nitrogens with zero attached hydrogens (tertiary/aromatic N) is 1. The normalized spacial score (nSPS) is 14.8. The molecule has 6 nitrogen and oxygen atoms in total. The minimum Gasteiger partial charge on any atom is -0.497 e. The molecular formula is C18H24N2O4. The van der Waals surface area contributed by atoms with E-state index in [1.54, 1.807) is 43.4 Å². The monoisotopic (exact) mass is 332 g/mol. The van der Waals surface area contributed by atoms with E-state index in [1.807, 2.05) is 0 Å². The minimum atomic E-state index is -0.494. The number of rotatable bonds is 7. The van der Waals surface area contributed by atoms with Gasteiger partial charge >= 0.3 is 0 Å². The molecule has 1 saturated carbocycles. The summed E-state index contributed by atoms with van der Waals surface area (Å²) < 4.78 is 10.4. The topological polar surface area (TPSA) is 81.9 Å². The van der Waals surface area contributed by atoms with Gasteiger partial charge in [-0.15, -0.1) is 0 Å². The van der Waals surface area contributed by atoms with Crippen LogP contribution in [-0.2, 0) is 9.59 Å². The lowest BCUT2D eigenvalue weighted by atomic mass is 10.1. The van der Waals surface area contributed by atoms with Crippen LogP contribution in [0.1, 0.15) is 31.2 Å². The van der Waals surface area contributed by atoms with Crippen LogP contribution in [0.5, 0.6) is 11.5 Å². The molecule has 0 spiro atoms. The van der Waals surface area contributed by atoms with Gasteiger partial charge in [-0.2, -0.15) is 0 Å². The molecule has 0 bridgehead atoms. The summed E-state index contributed by atoms with van der Waals surface area (Å²) in [6.07, 6.45) is 7.14. The summed E-state index contributed by atoms with van der Waals surface area (Å²) in [4.78, 5) is 25.4. The van der Waals surface area contributed by atoms with Crippen molar-refractivity contribution in [3.63, 3.8) is 0 Å². The fraction of sp³-hybridized carbons (Fsp3) is 0.444. The maximum absolute atomic E-state index is 12.5. The molecule has 0 aliphatic heterocycles. The summed E-state index contributed by atoms with van der Waals surface area (Å²) >= 11 is 0. The molecule has 6 heteroatoms. The summed E-state index contributed by atoms with van der Waals surface area (Å²) in [5.41, 5.74) is 6.07. The van der Waals surface area contributed by atoms with Gasteiger partial charge in [-0.1, -0.05) is 12.8 Å². The maximum atomic E-state index is 12.5. The van der Waals surface area contributed by atoms with Gasteiger partial charge < -0.3 is 20.1 Å². The maximum Gasteiger partial charge on any atom is 0.247 e. The predicted molar refractivity (Wildman–Crippen MR) is 91.7 cm³/mol. The Morgan fingerprint density at radius 2 is 1.75 bits per heavy atom. The van der Waals surface area contributed by atoms with E-state index >= 15 is 0 Å². The first-order chi connectivity index (χ1) is 11.5. The number of carbonyl (C=O) groups excluding carboxylic acids is 2. The predicted octanol–water partition coefficient (Wildman–Crippen LogP) is 1.97. The molecule has 0 heterocycles. The smallest absolute Gasteiger partial charge is 0.247 e. The molecule has 130 valence electrons. The van der Waals surface area contributed by atoms with Crippen LogP contribution in [0.15, 0.2) is 24.3 Å². The summed E-state index contributed by atoms with van der Waals surface area (Å²) in [5.74, 6) is 0.589. The van der Waals surface area contributed by atoms with Gasteiger partial charge in [0.05, 0.1) is 20.8 Å². The Morgan fingerprint density at radius 3 is 2.25 bits per heavy atom. The Morgan fingerprint density at radius 1 is 1.17 bits per heavy atom. The molecule has 2 amide bonds. The third-order valence-electron chi connectivity index (χ3n) is 4.17. The van der Waals surface area contributed by atoms with E-state index in [0.29, 0.717) is 11.5 Å². The average molecular weight is 332 g/mol. The van der Waals surface area contributed by atoms with E-state index in [1.165, 1.54) is 6.08 Å². The fourth-order valence-electron chi connectivity index (χ4n) is 2.96. The first kappa shape index (κ1) is 17.8. The van der Waals surface area contributed by atoms with Crippen LogP contribution in [-0.4, -0.2) is 43.5 Å². The van der Waals surface area contributed by atoms with Crippen LogP contribution in [0.4, 0.5) is 0 Å². The fourth-order valence-corrected chi connectivity index (χ4v) is 2.96. The molecule has 1 aliphatic rings. The van der Waals surface area contributed by atoms with Gasteiger partial charge in [-0.05, 0) is 36.6 Å². The van der Waals surface area contributed by atoms with Crippen molar-refractivity contribution in [2.24, 2.45) is 5.73 Å². The van der Waals surface area contributed by atoms with Crippen LogP contribution in [0, 0.1) is 0 Å². The Hall–Kier alpha value is -2.50. The van der Waals surface area contributed by atoms with Crippen molar-refractivity contribution in [3.8, 4) is 11.5 Å². The Kier molecular flexibility index (Phi) is 6.23. The zero-order chi connectivity index (χ0) is 17.5. The van der Waals surface area contributed by atoms with Crippen molar-refractivity contribution >= 4 is 17.9 Å². The van der Waals surface area contributed by atoms with E-state index in [-0.39, 0.29) is 18.5 Å². The number of primary amides is 1. The lowest BCUT2D eigenvalue weighted by Crippen LogP contribution is -2.43. The first-order valence-electron chi connectivity index (χ1n) is 8.03. The highest BCUT2D eigenvalue weighted by Gasteiger charge is 2.26. The van der Waals surface area contributed by atoms with Gasteiger partial charge in [-0.3, -0.25) is 9.59 Å². The van der Waals surface area contributed by atoms with E-state index in [0.717, 1.165) is 31.2 Å². The van der Waals surface area contributed by atoms with Gasteiger partial charge in [0.15, 0.2) is 0 Å². The largest absolute Gasteiger partial charge is 0.497 e. The van der Waals surface area contributed by atoms with Crippen molar-refractivity contribution < 1.29 is 19.1 Å². The summed E-state index contributed by atoms with van der Waals surface area (Å²) in [5, 5.41) is 0. The third-order valence-corrected chi connectivity index (χ3v) is 4.17. The first-order valence-corrected chi connectivity index (χ1v) is 8.03. The zero-order valence-electron chi connectivity index (χ0n) is 14.2. The number of benzene rings is 1. The minimum absolute atomic E-state index is 0.0464. The van der Waals surface area contributed by atoms with Gasteiger partial charge in [0.25, 0.3) is 0 Å². The Balaban J connectivity index is 2.15. The number of methoxy groups -OCH3 is 2. The van der Waals surface area contributed by atoms with Crippen molar-refractivity contribution in [3.05, 3.63) is 29.8 Å². The van der Waals surface area contributed by atoms with Crippen molar-refractivity contribution in [1.29, 1.82) is 0 Å². The lowest BCUT2D eigenvalue weighted by molar-refractivity contribution is -0.133. The molecule has 0 atom stereocenters. The van der Waals surface area contributed by atoms with E-state index in [9.17, 15) is 9.59 Å². The van der Waals surface area contributed by atoms with E-state index in [4.69, 9.17) is 15.2 Å². The standard InChI is InChI=1S/C18H24N2O4/c1-23-15-9-13(10-16(11-15)24-2)7-8-18(22)20(12-17(19)21)14-5-3-4-6-14/h7-11,14H,3-6,12H2,1-2H3,(H2,19,21)/b8-7+. The number of hydrogen-bond acceptors (Lipinski definition) is 4. The molecule has 1 fully saturated rings. The van der Waals surface area contributed by atoms with Crippen molar-refractivity contribution in [2.75, 3.05) is 20.8 Å². The highest BCUT2D eigenvalue weighted by molar-refractivity contribution is 5.94. The molecule has 2 rings (SSSR count). The Labute approximate surface area is 142 Å². The molecule has 0 aromatic heterocycles. The highest BCUT2D eigenvalue weighted by atomic mass is 16.5. The zero-order valence-corrected chi connectivity index (χ0v) is 14.2. The van der Waals surface area contributed by atoms with Gasteiger partial charge in [0, 0.05) is 18.2 Å². The second kappa shape index (κ2) is 8.38. The number of nitrogens with two attached hydrogens (primary N) is 1. The molecule has 1 aromatic carbocycles.